The third kappa shape index (κ3) is 5.00. The molecule has 0 amide bonds. The average Bonchev–Trinajstić information content (AvgIpc) is 3.08. The molecule has 6 nitrogen and oxygen atoms in total. The number of guanidine groups is 1. The zero-order valence-electron chi connectivity index (χ0n) is 15.4. The van der Waals surface area contributed by atoms with Gasteiger partial charge in [-0.2, -0.15) is 0 Å². The summed E-state index contributed by atoms with van der Waals surface area (Å²) in [6.45, 7) is 6.53. The third-order valence-electron chi connectivity index (χ3n) is 4.28. The molecule has 0 radical (unpaired) electrons. The van der Waals surface area contributed by atoms with Crippen molar-refractivity contribution in [3.8, 4) is 5.75 Å². The van der Waals surface area contributed by atoms with E-state index in [2.05, 4.69) is 44.1 Å². The van der Waals surface area contributed by atoms with Gasteiger partial charge < -0.3 is 19.9 Å². The molecule has 0 spiro atoms. The fourth-order valence-electron chi connectivity index (χ4n) is 3.02. The Bertz CT molecular complexity index is 728. The van der Waals surface area contributed by atoms with Crippen molar-refractivity contribution in [1.29, 1.82) is 0 Å². The molecule has 0 bridgehead atoms. The van der Waals surface area contributed by atoms with Gasteiger partial charge in [-0.3, -0.25) is 4.99 Å². The number of aliphatic imine (C=N–C) groups is 1. The number of ether oxygens (including phenoxy) is 1. The van der Waals surface area contributed by atoms with Gasteiger partial charge >= 0.3 is 0 Å². The van der Waals surface area contributed by atoms with Crippen LogP contribution in [-0.4, -0.2) is 56.2 Å². The number of piperazine rings is 1. The molecule has 2 aromatic rings. The van der Waals surface area contributed by atoms with E-state index in [0.29, 0.717) is 0 Å². The first kappa shape index (κ1) is 20.8. The minimum absolute atomic E-state index is 0. The van der Waals surface area contributed by atoms with Crippen molar-refractivity contribution in [3.63, 3.8) is 0 Å². The van der Waals surface area contributed by atoms with Crippen molar-refractivity contribution in [1.82, 2.24) is 15.2 Å². The molecule has 3 rings (SSSR count). The molecule has 1 N–H and O–H groups in total. The fourth-order valence-corrected chi connectivity index (χ4v) is 3.75. The van der Waals surface area contributed by atoms with Gasteiger partial charge in [-0.1, -0.05) is 12.1 Å². The Morgan fingerprint density at radius 3 is 2.62 bits per heavy atom. The number of thiazole rings is 1. The summed E-state index contributed by atoms with van der Waals surface area (Å²) in [6.07, 6.45) is 1.91. The molecular weight excluding hydrogens is 461 g/mol. The van der Waals surface area contributed by atoms with E-state index >= 15 is 0 Å². The molecule has 1 aliphatic heterocycles. The Balaban J connectivity index is 0.00000243. The molecule has 0 atom stereocenters. The fraction of sp³-hybridized carbons (Fsp3) is 0.444. The number of anilines is 1. The molecule has 26 heavy (non-hydrogen) atoms. The summed E-state index contributed by atoms with van der Waals surface area (Å²) in [7, 11) is 3.56. The van der Waals surface area contributed by atoms with Crippen molar-refractivity contribution in [2.24, 2.45) is 4.99 Å². The van der Waals surface area contributed by atoms with Gasteiger partial charge in [0.15, 0.2) is 5.96 Å². The lowest BCUT2D eigenvalue weighted by Gasteiger charge is -2.38. The van der Waals surface area contributed by atoms with Crippen molar-refractivity contribution < 1.29 is 4.74 Å². The molecule has 1 aromatic carbocycles. The number of nitrogens with one attached hydrogen (secondary N) is 1. The van der Waals surface area contributed by atoms with Crippen LogP contribution in [0.4, 0.5) is 5.69 Å². The molecule has 1 saturated heterocycles. The van der Waals surface area contributed by atoms with Crippen LogP contribution in [0, 0.1) is 6.92 Å². The van der Waals surface area contributed by atoms with Gasteiger partial charge in [0, 0.05) is 44.3 Å². The minimum Gasteiger partial charge on any atom is -0.495 e. The van der Waals surface area contributed by atoms with Gasteiger partial charge in [0.05, 0.1) is 19.3 Å². The first-order valence-electron chi connectivity index (χ1n) is 8.46. The van der Waals surface area contributed by atoms with E-state index in [1.165, 1.54) is 4.88 Å². The molecule has 2 heterocycles. The van der Waals surface area contributed by atoms with Gasteiger partial charge in [-0.25, -0.2) is 4.98 Å². The highest BCUT2D eigenvalue weighted by Crippen LogP contribution is 2.28. The lowest BCUT2D eigenvalue weighted by atomic mass is 10.2. The van der Waals surface area contributed by atoms with E-state index in [-0.39, 0.29) is 24.0 Å². The lowest BCUT2D eigenvalue weighted by Crippen LogP contribution is -2.52. The predicted molar refractivity (Wildman–Crippen MR) is 119 cm³/mol. The Hall–Kier alpha value is -1.55. The van der Waals surface area contributed by atoms with Gasteiger partial charge in [-0.15, -0.1) is 35.3 Å². The minimum atomic E-state index is 0. The average molecular weight is 487 g/mol. The van der Waals surface area contributed by atoms with E-state index in [0.717, 1.165) is 55.1 Å². The quantitative estimate of drug-likeness (QED) is 0.409. The number of hydrogen-bond acceptors (Lipinski definition) is 5. The molecule has 1 fully saturated rings. The zero-order chi connectivity index (χ0) is 17.6. The smallest absolute Gasteiger partial charge is 0.194 e. The predicted octanol–water partition coefficient (Wildman–Crippen LogP) is 2.98. The summed E-state index contributed by atoms with van der Waals surface area (Å²) in [6, 6.07) is 8.19. The normalized spacial score (nSPS) is 14.8. The SMILES string of the molecule is CN=C(NCc1ncc(C)s1)N1CCN(c2ccccc2OC)CC1.I. The monoisotopic (exact) mass is 487 g/mol. The van der Waals surface area contributed by atoms with Gasteiger partial charge in [-0.05, 0) is 19.1 Å². The molecule has 1 aromatic heterocycles. The molecule has 142 valence electrons. The Morgan fingerprint density at radius 2 is 2.00 bits per heavy atom. The lowest BCUT2D eigenvalue weighted by molar-refractivity contribution is 0.367. The van der Waals surface area contributed by atoms with E-state index in [4.69, 9.17) is 4.74 Å². The van der Waals surface area contributed by atoms with Crippen molar-refractivity contribution >= 4 is 47.0 Å². The van der Waals surface area contributed by atoms with Crippen LogP contribution in [0.3, 0.4) is 0 Å². The topological polar surface area (TPSA) is 53.0 Å². The van der Waals surface area contributed by atoms with E-state index in [1.54, 1.807) is 18.4 Å². The van der Waals surface area contributed by atoms with Crippen LogP contribution in [0.2, 0.25) is 0 Å². The third-order valence-corrected chi connectivity index (χ3v) is 5.20. The van der Waals surface area contributed by atoms with Crippen molar-refractivity contribution in [2.75, 3.05) is 45.2 Å². The van der Waals surface area contributed by atoms with Crippen molar-refractivity contribution in [3.05, 3.63) is 40.3 Å². The second kappa shape index (κ2) is 9.96. The summed E-state index contributed by atoms with van der Waals surface area (Å²) in [4.78, 5) is 14.7. The summed E-state index contributed by atoms with van der Waals surface area (Å²) >= 11 is 1.72. The van der Waals surface area contributed by atoms with E-state index < -0.39 is 0 Å². The van der Waals surface area contributed by atoms with Gasteiger partial charge in [0.2, 0.25) is 0 Å². The van der Waals surface area contributed by atoms with Crippen molar-refractivity contribution in [2.45, 2.75) is 13.5 Å². The standard InChI is InChI=1S/C18H25N5OS.HI/c1-14-12-20-17(25-14)13-21-18(19-2)23-10-8-22(9-11-23)15-6-4-5-7-16(15)24-3;/h4-7,12H,8-11,13H2,1-3H3,(H,19,21);1H. The van der Waals surface area contributed by atoms with Crippen LogP contribution in [0.5, 0.6) is 5.75 Å². The second-order valence-corrected chi connectivity index (χ2v) is 7.23. The van der Waals surface area contributed by atoms with Crippen LogP contribution in [0.15, 0.2) is 35.5 Å². The number of hydrogen-bond donors (Lipinski definition) is 1. The van der Waals surface area contributed by atoms with E-state index in [1.807, 2.05) is 25.4 Å². The molecule has 8 heteroatoms. The maximum atomic E-state index is 5.49. The molecule has 0 unspecified atom stereocenters. The van der Waals surface area contributed by atoms with Crippen LogP contribution < -0.4 is 15.0 Å². The summed E-state index contributed by atoms with van der Waals surface area (Å²) < 4.78 is 5.49. The molecule has 1 aliphatic rings. The maximum Gasteiger partial charge on any atom is 0.194 e. The number of para-hydroxylation sites is 2. The van der Waals surface area contributed by atoms with Crippen LogP contribution in [0.1, 0.15) is 9.88 Å². The van der Waals surface area contributed by atoms with Crippen LogP contribution in [-0.2, 0) is 6.54 Å². The van der Waals surface area contributed by atoms with Gasteiger partial charge in [0.25, 0.3) is 0 Å². The number of halogens is 1. The molecule has 0 aliphatic carbocycles. The number of methoxy groups -OCH3 is 1. The largest absolute Gasteiger partial charge is 0.495 e. The number of aryl methyl sites for hydroxylation is 1. The first-order valence-corrected chi connectivity index (χ1v) is 9.28. The summed E-state index contributed by atoms with van der Waals surface area (Å²) in [5, 5.41) is 4.52. The zero-order valence-corrected chi connectivity index (χ0v) is 18.6. The maximum absolute atomic E-state index is 5.49. The number of nitrogens with zero attached hydrogens (tertiary/aromatic N) is 4. The second-order valence-electron chi connectivity index (χ2n) is 5.91. The molecule has 0 saturated carbocycles. The highest BCUT2D eigenvalue weighted by molar-refractivity contribution is 14.0. The number of benzene rings is 1. The summed E-state index contributed by atoms with van der Waals surface area (Å²) in [5.74, 6) is 1.87. The number of rotatable bonds is 4. The van der Waals surface area contributed by atoms with E-state index in [9.17, 15) is 0 Å². The highest BCUT2D eigenvalue weighted by Gasteiger charge is 2.21. The van der Waals surface area contributed by atoms with Gasteiger partial charge in [0.1, 0.15) is 10.8 Å². The Morgan fingerprint density at radius 1 is 1.27 bits per heavy atom. The Labute approximate surface area is 176 Å². The Kier molecular flexibility index (Phi) is 7.95. The molecular formula is C18H26IN5OS. The number of aromatic nitrogens is 1. The summed E-state index contributed by atoms with van der Waals surface area (Å²) in [5.41, 5.74) is 1.16. The van der Waals surface area contributed by atoms with Crippen LogP contribution in [0.25, 0.3) is 0 Å². The van der Waals surface area contributed by atoms with Crippen LogP contribution >= 0.6 is 35.3 Å². The highest BCUT2D eigenvalue weighted by atomic mass is 127. The first-order chi connectivity index (χ1) is 12.2.